The van der Waals surface area contributed by atoms with Gasteiger partial charge in [0, 0.05) is 19.2 Å². The Morgan fingerprint density at radius 1 is 1.38 bits per heavy atom. The lowest BCUT2D eigenvalue weighted by atomic mass is 10.3. The molecule has 1 fully saturated rings. The highest BCUT2D eigenvalue weighted by molar-refractivity contribution is 5.66. The third-order valence-corrected chi connectivity index (χ3v) is 2.68. The van der Waals surface area contributed by atoms with Gasteiger partial charge in [0.25, 0.3) is 0 Å². The van der Waals surface area contributed by atoms with E-state index < -0.39 is 0 Å². The molecule has 86 valence electrons. The van der Waals surface area contributed by atoms with Crippen molar-refractivity contribution in [2.24, 2.45) is 4.99 Å². The van der Waals surface area contributed by atoms with Crippen LogP contribution in [0, 0.1) is 0 Å². The van der Waals surface area contributed by atoms with Gasteiger partial charge in [0.1, 0.15) is 17.2 Å². The quantitative estimate of drug-likeness (QED) is 0.627. The number of likely N-dealkylation sites (tertiary alicyclic amines) is 1. The van der Waals surface area contributed by atoms with Crippen molar-refractivity contribution < 1.29 is 9.84 Å². The summed E-state index contributed by atoms with van der Waals surface area (Å²) in [6.45, 7) is 2.10. The Kier molecular flexibility index (Phi) is 3.29. The minimum absolute atomic E-state index is 0.177. The molecule has 1 saturated heterocycles. The van der Waals surface area contributed by atoms with E-state index in [-0.39, 0.29) is 5.75 Å². The molecule has 0 aromatic heterocycles. The van der Waals surface area contributed by atoms with Crippen molar-refractivity contribution in [1.82, 2.24) is 4.90 Å². The van der Waals surface area contributed by atoms with Gasteiger partial charge >= 0.3 is 0 Å². The Hall–Kier alpha value is -1.71. The van der Waals surface area contributed by atoms with Gasteiger partial charge in [-0.15, -0.1) is 0 Å². The van der Waals surface area contributed by atoms with Crippen molar-refractivity contribution in [3.63, 3.8) is 0 Å². The molecule has 4 nitrogen and oxygen atoms in total. The number of aliphatic imine (C=N–C) groups is 1. The Morgan fingerprint density at radius 2 is 2.12 bits per heavy atom. The molecule has 1 N–H and O–H groups in total. The Balaban J connectivity index is 2.12. The number of aromatic hydroxyl groups is 1. The summed E-state index contributed by atoms with van der Waals surface area (Å²) in [6.07, 6.45) is 4.23. The lowest BCUT2D eigenvalue weighted by molar-refractivity contribution is 0.412. The van der Waals surface area contributed by atoms with Crippen LogP contribution in [0.2, 0.25) is 0 Å². The smallest absolute Gasteiger partial charge is 0.141 e. The summed E-state index contributed by atoms with van der Waals surface area (Å²) >= 11 is 0. The SMILES string of the molecule is COc1ccc(O)c(N=CN2CCCC2)c1. The maximum atomic E-state index is 9.62. The molecule has 0 saturated carbocycles. The molecule has 2 rings (SSSR count). The zero-order chi connectivity index (χ0) is 11.4. The van der Waals surface area contributed by atoms with Gasteiger partial charge < -0.3 is 14.7 Å². The van der Waals surface area contributed by atoms with Crippen molar-refractivity contribution in [2.45, 2.75) is 12.8 Å². The number of nitrogens with zero attached hydrogens (tertiary/aromatic N) is 2. The van der Waals surface area contributed by atoms with Crippen LogP contribution in [0.4, 0.5) is 5.69 Å². The molecule has 16 heavy (non-hydrogen) atoms. The molecule has 0 atom stereocenters. The molecule has 1 heterocycles. The monoisotopic (exact) mass is 220 g/mol. The fourth-order valence-electron chi connectivity index (χ4n) is 1.73. The number of phenols is 1. The lowest BCUT2D eigenvalue weighted by Crippen LogP contribution is -2.15. The van der Waals surface area contributed by atoms with E-state index in [4.69, 9.17) is 4.74 Å². The molecule has 0 amide bonds. The summed E-state index contributed by atoms with van der Waals surface area (Å²) in [4.78, 5) is 6.42. The minimum atomic E-state index is 0.177. The van der Waals surface area contributed by atoms with Crippen LogP contribution >= 0.6 is 0 Å². The topological polar surface area (TPSA) is 45.1 Å². The molecule has 0 spiro atoms. The number of ether oxygens (including phenoxy) is 1. The van der Waals surface area contributed by atoms with Crippen LogP contribution in [0.25, 0.3) is 0 Å². The average molecular weight is 220 g/mol. The average Bonchev–Trinajstić information content (AvgIpc) is 2.81. The molecule has 1 aliphatic heterocycles. The van der Waals surface area contributed by atoms with Crippen molar-refractivity contribution in [1.29, 1.82) is 0 Å². The van der Waals surface area contributed by atoms with E-state index >= 15 is 0 Å². The predicted octanol–water partition coefficient (Wildman–Crippen LogP) is 2.16. The van der Waals surface area contributed by atoms with Gasteiger partial charge in [-0.2, -0.15) is 0 Å². The molecular weight excluding hydrogens is 204 g/mol. The minimum Gasteiger partial charge on any atom is -0.506 e. The highest BCUT2D eigenvalue weighted by atomic mass is 16.5. The number of methoxy groups -OCH3 is 1. The summed E-state index contributed by atoms with van der Waals surface area (Å²) in [5.74, 6) is 0.877. The maximum Gasteiger partial charge on any atom is 0.141 e. The maximum absolute atomic E-state index is 9.62. The van der Waals surface area contributed by atoms with Crippen molar-refractivity contribution in [2.75, 3.05) is 20.2 Å². The van der Waals surface area contributed by atoms with Crippen LogP contribution in [0.3, 0.4) is 0 Å². The summed E-state index contributed by atoms with van der Waals surface area (Å²) in [5.41, 5.74) is 0.547. The van der Waals surface area contributed by atoms with Gasteiger partial charge in [-0.25, -0.2) is 4.99 Å². The fourth-order valence-corrected chi connectivity index (χ4v) is 1.73. The second-order valence-corrected chi connectivity index (χ2v) is 3.84. The van der Waals surface area contributed by atoms with Gasteiger partial charge in [0.2, 0.25) is 0 Å². The Morgan fingerprint density at radius 3 is 2.81 bits per heavy atom. The van der Waals surface area contributed by atoms with Gasteiger partial charge in [0.05, 0.1) is 13.4 Å². The van der Waals surface area contributed by atoms with E-state index in [0.717, 1.165) is 13.1 Å². The molecule has 0 radical (unpaired) electrons. The zero-order valence-corrected chi connectivity index (χ0v) is 9.39. The summed E-state index contributed by atoms with van der Waals surface area (Å²) in [6, 6.07) is 5.03. The molecule has 0 unspecified atom stereocenters. The first-order chi connectivity index (χ1) is 7.79. The largest absolute Gasteiger partial charge is 0.506 e. The van der Waals surface area contributed by atoms with Crippen LogP contribution < -0.4 is 4.74 Å². The van der Waals surface area contributed by atoms with Gasteiger partial charge in [-0.1, -0.05) is 0 Å². The predicted molar refractivity (Wildman–Crippen MR) is 63.6 cm³/mol. The van der Waals surface area contributed by atoms with Gasteiger partial charge in [-0.3, -0.25) is 0 Å². The van der Waals surface area contributed by atoms with E-state index in [0.29, 0.717) is 11.4 Å². The van der Waals surface area contributed by atoms with E-state index in [1.807, 2.05) is 0 Å². The summed E-state index contributed by atoms with van der Waals surface area (Å²) < 4.78 is 5.08. The Labute approximate surface area is 95.2 Å². The van der Waals surface area contributed by atoms with E-state index in [2.05, 4.69) is 9.89 Å². The standard InChI is InChI=1S/C12H16N2O2/c1-16-10-4-5-12(15)11(8-10)13-9-14-6-2-3-7-14/h4-5,8-9,15H,2-3,6-7H2,1H3. The Bertz CT molecular complexity index is 385. The normalized spacial score (nSPS) is 15.9. The second-order valence-electron chi connectivity index (χ2n) is 3.84. The van der Waals surface area contributed by atoms with E-state index in [1.54, 1.807) is 31.6 Å². The molecule has 0 bridgehead atoms. The van der Waals surface area contributed by atoms with Crippen molar-refractivity contribution in [3.8, 4) is 11.5 Å². The highest BCUT2D eigenvalue weighted by Gasteiger charge is 2.07. The number of phenolic OH excluding ortho intramolecular Hbond substituents is 1. The number of benzene rings is 1. The lowest BCUT2D eigenvalue weighted by Gasteiger charge is -2.09. The van der Waals surface area contributed by atoms with Crippen LogP contribution in [0.5, 0.6) is 11.5 Å². The summed E-state index contributed by atoms with van der Waals surface area (Å²) in [7, 11) is 1.60. The highest BCUT2D eigenvalue weighted by Crippen LogP contribution is 2.30. The van der Waals surface area contributed by atoms with Crippen molar-refractivity contribution in [3.05, 3.63) is 18.2 Å². The number of hydrogen-bond donors (Lipinski definition) is 1. The third kappa shape index (κ3) is 2.45. The first-order valence-corrected chi connectivity index (χ1v) is 5.45. The molecular formula is C12H16N2O2. The summed E-state index contributed by atoms with van der Waals surface area (Å²) in [5, 5.41) is 9.62. The van der Waals surface area contributed by atoms with Crippen LogP contribution in [-0.2, 0) is 0 Å². The van der Waals surface area contributed by atoms with E-state index in [9.17, 15) is 5.11 Å². The van der Waals surface area contributed by atoms with Gasteiger partial charge in [-0.05, 0) is 25.0 Å². The van der Waals surface area contributed by atoms with Crippen molar-refractivity contribution >= 4 is 12.0 Å². The molecule has 0 aliphatic carbocycles. The van der Waals surface area contributed by atoms with E-state index in [1.165, 1.54) is 12.8 Å². The van der Waals surface area contributed by atoms with Crippen LogP contribution in [0.1, 0.15) is 12.8 Å². The molecule has 4 heteroatoms. The first kappa shape index (κ1) is 10.8. The first-order valence-electron chi connectivity index (χ1n) is 5.45. The number of rotatable bonds is 3. The van der Waals surface area contributed by atoms with Crippen LogP contribution in [-0.4, -0.2) is 36.5 Å². The van der Waals surface area contributed by atoms with Crippen LogP contribution in [0.15, 0.2) is 23.2 Å². The molecule has 1 aliphatic rings. The second kappa shape index (κ2) is 4.88. The molecule has 1 aromatic carbocycles. The zero-order valence-electron chi connectivity index (χ0n) is 9.39. The number of hydrogen-bond acceptors (Lipinski definition) is 3. The fraction of sp³-hybridized carbons (Fsp3) is 0.417. The molecule has 1 aromatic rings. The third-order valence-electron chi connectivity index (χ3n) is 2.68. The van der Waals surface area contributed by atoms with Gasteiger partial charge in [0.15, 0.2) is 0 Å².